The van der Waals surface area contributed by atoms with E-state index in [-0.39, 0.29) is 11.4 Å². The van der Waals surface area contributed by atoms with E-state index in [2.05, 4.69) is 17.0 Å². The van der Waals surface area contributed by atoms with E-state index in [1.807, 2.05) is 16.8 Å². The summed E-state index contributed by atoms with van der Waals surface area (Å²) in [5, 5.41) is 4.67. The van der Waals surface area contributed by atoms with Crippen molar-refractivity contribution in [2.24, 2.45) is 5.41 Å². The molecule has 6 nitrogen and oxygen atoms in total. The van der Waals surface area contributed by atoms with E-state index in [1.54, 1.807) is 13.1 Å². The van der Waals surface area contributed by atoms with E-state index < -0.39 is 0 Å². The molecule has 0 radical (unpaired) electrons. The third-order valence-corrected chi connectivity index (χ3v) is 4.80. The molecular weight excluding hydrogens is 306 g/mol. The summed E-state index contributed by atoms with van der Waals surface area (Å²) in [6, 6.07) is 3.92. The number of aryl methyl sites for hydroxylation is 1. The summed E-state index contributed by atoms with van der Waals surface area (Å²) in [5.41, 5.74) is 3.04. The fourth-order valence-electron chi connectivity index (χ4n) is 3.13. The molecule has 1 fully saturated rings. The largest absolute Gasteiger partial charge is 0.477 e. The molecule has 2 aromatic heterocycles. The van der Waals surface area contributed by atoms with Crippen LogP contribution in [0.15, 0.2) is 18.3 Å². The van der Waals surface area contributed by atoms with Gasteiger partial charge in [-0.3, -0.25) is 4.98 Å². The normalized spacial score (nSPS) is 17.2. The summed E-state index contributed by atoms with van der Waals surface area (Å²) >= 11 is 0. The van der Waals surface area contributed by atoms with Crippen LogP contribution in [-0.4, -0.2) is 33.9 Å². The first-order valence-corrected chi connectivity index (χ1v) is 8.52. The SMILES string of the molecule is CCOC(=O)c1c(-c2ccc(CC)nc2)nn2c1OCC1(CC1)C2. The molecule has 6 heteroatoms. The smallest absolute Gasteiger partial charge is 0.345 e. The Bertz CT molecular complexity index is 776. The fraction of sp³-hybridized carbons (Fsp3) is 0.500. The van der Waals surface area contributed by atoms with E-state index in [9.17, 15) is 4.79 Å². The fourth-order valence-corrected chi connectivity index (χ4v) is 3.13. The average Bonchev–Trinajstić information content (AvgIpc) is 3.23. The average molecular weight is 327 g/mol. The van der Waals surface area contributed by atoms with Crippen LogP contribution in [0.4, 0.5) is 0 Å². The van der Waals surface area contributed by atoms with Crippen LogP contribution in [0.25, 0.3) is 11.3 Å². The number of carbonyl (C=O) groups is 1. The molecule has 1 aliphatic carbocycles. The predicted octanol–water partition coefficient (Wildman–Crippen LogP) is 2.86. The molecule has 1 aliphatic heterocycles. The van der Waals surface area contributed by atoms with Gasteiger partial charge in [0.25, 0.3) is 0 Å². The van der Waals surface area contributed by atoms with Crippen LogP contribution in [-0.2, 0) is 17.7 Å². The lowest BCUT2D eigenvalue weighted by atomic mass is 10.1. The van der Waals surface area contributed by atoms with Crippen molar-refractivity contribution in [2.75, 3.05) is 13.2 Å². The Morgan fingerprint density at radius 1 is 1.38 bits per heavy atom. The summed E-state index contributed by atoms with van der Waals surface area (Å²) in [4.78, 5) is 16.9. The van der Waals surface area contributed by atoms with Crippen LogP contribution in [0.3, 0.4) is 0 Å². The lowest BCUT2D eigenvalue weighted by molar-refractivity contribution is 0.0515. The van der Waals surface area contributed by atoms with E-state index >= 15 is 0 Å². The van der Waals surface area contributed by atoms with Crippen LogP contribution >= 0.6 is 0 Å². The molecule has 0 aromatic carbocycles. The maximum absolute atomic E-state index is 12.5. The molecule has 1 spiro atoms. The second-order valence-electron chi connectivity index (χ2n) is 6.59. The molecule has 0 unspecified atom stereocenters. The summed E-state index contributed by atoms with van der Waals surface area (Å²) in [6.07, 6.45) is 4.95. The van der Waals surface area contributed by atoms with Crippen molar-refractivity contribution in [3.63, 3.8) is 0 Å². The van der Waals surface area contributed by atoms with Gasteiger partial charge in [-0.15, -0.1) is 0 Å². The Kier molecular flexibility index (Phi) is 3.55. The number of hydrogen-bond donors (Lipinski definition) is 0. The summed E-state index contributed by atoms with van der Waals surface area (Å²) in [5.74, 6) is 0.139. The van der Waals surface area contributed by atoms with E-state index in [0.717, 1.165) is 37.1 Å². The zero-order chi connectivity index (χ0) is 16.7. The van der Waals surface area contributed by atoms with Crippen LogP contribution in [0.2, 0.25) is 0 Å². The molecule has 3 heterocycles. The molecule has 0 N–H and O–H groups in total. The highest BCUT2D eigenvalue weighted by molar-refractivity contribution is 5.98. The molecule has 1 saturated carbocycles. The van der Waals surface area contributed by atoms with Crippen LogP contribution in [0.1, 0.15) is 42.7 Å². The lowest BCUT2D eigenvalue weighted by Gasteiger charge is -2.23. The minimum atomic E-state index is -0.389. The molecule has 2 aromatic rings. The highest BCUT2D eigenvalue weighted by atomic mass is 16.5. The highest BCUT2D eigenvalue weighted by Crippen LogP contribution is 2.51. The number of esters is 1. The van der Waals surface area contributed by atoms with Crippen molar-refractivity contribution in [1.29, 1.82) is 0 Å². The number of pyridine rings is 1. The first-order valence-electron chi connectivity index (χ1n) is 8.52. The van der Waals surface area contributed by atoms with Crippen molar-refractivity contribution < 1.29 is 14.3 Å². The molecule has 0 bridgehead atoms. The number of ether oxygens (including phenoxy) is 2. The van der Waals surface area contributed by atoms with Crippen molar-refractivity contribution in [2.45, 2.75) is 39.7 Å². The molecule has 2 aliphatic rings. The van der Waals surface area contributed by atoms with Gasteiger partial charge in [-0.2, -0.15) is 5.10 Å². The standard InChI is InChI=1S/C18H21N3O3/c1-3-13-6-5-12(9-19-13)15-14(17(22)23-4-2)16-21(20-15)10-18(7-8-18)11-24-16/h5-6,9H,3-4,7-8,10-11H2,1-2H3. The Hall–Kier alpha value is -2.37. The molecule has 4 rings (SSSR count). The second-order valence-corrected chi connectivity index (χ2v) is 6.59. The Morgan fingerprint density at radius 2 is 2.21 bits per heavy atom. The van der Waals surface area contributed by atoms with Gasteiger partial charge in [0.05, 0.1) is 19.8 Å². The van der Waals surface area contributed by atoms with Crippen molar-refractivity contribution in [3.05, 3.63) is 29.6 Å². The molecule has 0 amide bonds. The third-order valence-electron chi connectivity index (χ3n) is 4.80. The molecular formula is C18H21N3O3. The zero-order valence-electron chi connectivity index (χ0n) is 14.0. The van der Waals surface area contributed by atoms with Crippen molar-refractivity contribution >= 4 is 5.97 Å². The zero-order valence-corrected chi connectivity index (χ0v) is 14.0. The van der Waals surface area contributed by atoms with Gasteiger partial charge in [0.2, 0.25) is 5.88 Å². The minimum absolute atomic E-state index is 0.215. The topological polar surface area (TPSA) is 66.2 Å². The van der Waals surface area contributed by atoms with Gasteiger partial charge in [-0.05, 0) is 38.3 Å². The third kappa shape index (κ3) is 2.46. The van der Waals surface area contributed by atoms with E-state index in [4.69, 9.17) is 9.47 Å². The van der Waals surface area contributed by atoms with Gasteiger partial charge < -0.3 is 9.47 Å². The van der Waals surface area contributed by atoms with Gasteiger partial charge in [0.1, 0.15) is 11.3 Å². The Labute approximate surface area is 140 Å². The first kappa shape index (κ1) is 15.2. The van der Waals surface area contributed by atoms with Gasteiger partial charge in [0.15, 0.2) is 0 Å². The number of nitrogens with zero attached hydrogens (tertiary/aromatic N) is 3. The van der Waals surface area contributed by atoms with E-state index in [0.29, 0.717) is 30.4 Å². The van der Waals surface area contributed by atoms with Crippen LogP contribution in [0, 0.1) is 5.41 Å². The summed E-state index contributed by atoms with van der Waals surface area (Å²) in [6.45, 7) is 5.63. The van der Waals surface area contributed by atoms with Crippen molar-refractivity contribution in [1.82, 2.24) is 14.8 Å². The number of fused-ring (bicyclic) bond motifs is 1. The highest BCUT2D eigenvalue weighted by Gasteiger charge is 2.48. The predicted molar refractivity (Wildman–Crippen MR) is 88.0 cm³/mol. The van der Waals surface area contributed by atoms with Gasteiger partial charge >= 0.3 is 5.97 Å². The molecule has 0 atom stereocenters. The van der Waals surface area contributed by atoms with Crippen molar-refractivity contribution in [3.8, 4) is 17.1 Å². The first-order chi connectivity index (χ1) is 11.7. The molecule has 0 saturated heterocycles. The van der Waals surface area contributed by atoms with Gasteiger partial charge in [-0.25, -0.2) is 9.48 Å². The summed E-state index contributed by atoms with van der Waals surface area (Å²) < 4.78 is 13.0. The van der Waals surface area contributed by atoms with E-state index in [1.165, 1.54) is 0 Å². The quantitative estimate of drug-likeness (QED) is 0.808. The number of rotatable bonds is 4. The minimum Gasteiger partial charge on any atom is -0.477 e. The Morgan fingerprint density at radius 3 is 2.83 bits per heavy atom. The maximum Gasteiger partial charge on any atom is 0.345 e. The molecule has 126 valence electrons. The van der Waals surface area contributed by atoms with Crippen LogP contribution < -0.4 is 4.74 Å². The number of aromatic nitrogens is 3. The summed E-state index contributed by atoms with van der Waals surface area (Å²) in [7, 11) is 0. The number of carbonyl (C=O) groups excluding carboxylic acids is 1. The van der Waals surface area contributed by atoms with Crippen LogP contribution in [0.5, 0.6) is 5.88 Å². The second kappa shape index (κ2) is 5.61. The Balaban J connectivity index is 1.79. The molecule has 24 heavy (non-hydrogen) atoms. The maximum atomic E-state index is 12.5. The van der Waals surface area contributed by atoms with Gasteiger partial charge in [-0.1, -0.05) is 6.92 Å². The van der Waals surface area contributed by atoms with Gasteiger partial charge in [0, 0.05) is 22.9 Å². The monoisotopic (exact) mass is 327 g/mol. The lowest BCUT2D eigenvalue weighted by Crippen LogP contribution is -2.27. The number of hydrogen-bond acceptors (Lipinski definition) is 5.